The number of halogens is 4. The summed E-state index contributed by atoms with van der Waals surface area (Å²) in [6, 6.07) is 16.1. The van der Waals surface area contributed by atoms with Crippen molar-refractivity contribution in [2.75, 3.05) is 44.2 Å². The first kappa shape index (κ1) is 32.2. The molecule has 230 valence electrons. The van der Waals surface area contributed by atoms with Gasteiger partial charge in [-0.15, -0.1) is 0 Å². The van der Waals surface area contributed by atoms with Gasteiger partial charge in [0.05, 0.1) is 28.4 Å². The third-order valence-corrected chi connectivity index (χ3v) is 7.79. The molecule has 1 aliphatic heterocycles. The number of rotatable bonds is 10. The molecule has 3 aromatic carbocycles. The molecule has 0 bridgehead atoms. The second kappa shape index (κ2) is 14.1. The van der Waals surface area contributed by atoms with Crippen LogP contribution in [0.1, 0.15) is 53.0 Å². The Hall–Kier alpha value is -3.76. The molecule has 1 fully saturated rings. The van der Waals surface area contributed by atoms with Gasteiger partial charge in [0.1, 0.15) is 11.3 Å². The lowest BCUT2D eigenvalue weighted by Crippen LogP contribution is -2.55. The molecule has 1 aliphatic rings. The smallest absolute Gasteiger partial charge is 0.416 e. The summed E-state index contributed by atoms with van der Waals surface area (Å²) in [7, 11) is 0. The number of hydrogen-bond acceptors (Lipinski definition) is 5. The molecule has 0 aliphatic carbocycles. The number of nitrogens with two attached hydrogens (primary N) is 1. The van der Waals surface area contributed by atoms with Crippen LogP contribution in [-0.4, -0.2) is 62.1 Å². The minimum absolute atomic E-state index is 0.0174. The van der Waals surface area contributed by atoms with Crippen LogP contribution >= 0.6 is 11.6 Å². The maximum atomic E-state index is 13.7. The van der Waals surface area contributed by atoms with Gasteiger partial charge in [0.15, 0.2) is 0 Å². The molecule has 0 radical (unpaired) electrons. The van der Waals surface area contributed by atoms with Crippen molar-refractivity contribution in [1.82, 2.24) is 10.2 Å². The first-order valence-electron chi connectivity index (χ1n) is 14.4. The van der Waals surface area contributed by atoms with E-state index in [9.17, 15) is 22.8 Å². The van der Waals surface area contributed by atoms with Gasteiger partial charge in [-0.1, -0.05) is 48.9 Å². The number of carbonyl (C=O) groups excluding carboxylic acids is 2. The highest BCUT2D eigenvalue weighted by molar-refractivity contribution is 6.33. The van der Waals surface area contributed by atoms with Gasteiger partial charge in [-0.05, 0) is 62.2 Å². The van der Waals surface area contributed by atoms with Crippen LogP contribution in [0, 0.1) is 0 Å². The van der Waals surface area contributed by atoms with Gasteiger partial charge in [-0.3, -0.25) is 9.59 Å². The van der Waals surface area contributed by atoms with Crippen LogP contribution in [0.2, 0.25) is 5.02 Å². The summed E-state index contributed by atoms with van der Waals surface area (Å²) in [6.45, 7) is 6.01. The normalized spacial score (nSPS) is 15.4. The van der Waals surface area contributed by atoms with Crippen LogP contribution in [-0.2, 0) is 6.18 Å². The number of piperazine rings is 1. The van der Waals surface area contributed by atoms with Crippen LogP contribution < -0.4 is 20.7 Å². The molecule has 1 saturated heterocycles. The Labute approximate surface area is 254 Å². The zero-order valence-electron chi connectivity index (χ0n) is 24.2. The van der Waals surface area contributed by atoms with Crippen LogP contribution in [0.4, 0.5) is 18.9 Å². The van der Waals surface area contributed by atoms with E-state index in [0.29, 0.717) is 62.6 Å². The van der Waals surface area contributed by atoms with Gasteiger partial charge in [0.25, 0.3) is 11.8 Å². The zero-order chi connectivity index (χ0) is 31.1. The van der Waals surface area contributed by atoms with Crippen molar-refractivity contribution in [3.8, 4) is 16.9 Å². The summed E-state index contributed by atoms with van der Waals surface area (Å²) in [5.74, 6) is -0.248. The Morgan fingerprint density at radius 2 is 1.81 bits per heavy atom. The predicted molar refractivity (Wildman–Crippen MR) is 163 cm³/mol. The molecule has 0 aromatic heterocycles. The number of anilines is 1. The van der Waals surface area contributed by atoms with Crippen molar-refractivity contribution in [1.29, 1.82) is 0 Å². The number of alkyl halides is 3. The van der Waals surface area contributed by atoms with Crippen molar-refractivity contribution in [3.05, 3.63) is 82.4 Å². The van der Waals surface area contributed by atoms with Gasteiger partial charge in [-0.2, -0.15) is 13.2 Å². The molecule has 0 saturated carbocycles. The average Bonchev–Trinajstić information content (AvgIpc) is 3.00. The molecule has 43 heavy (non-hydrogen) atoms. The fraction of sp³-hybridized carbons (Fsp3) is 0.375. The standard InChI is InChI=1S/C32H36ClF3N4O3/c1-3-23-20-39(31(42)25-12-11-22(19-26(25)33)32(34,35)36)17-18-40(23)27-14-13-24(21-9-6-5-7-10-21)29(43-4-2)28(27)30(41)38-16-8-15-37/h5-7,9-14,19,23H,3-4,8,15-18,20,37H2,1-2H3,(H,38,41)/t23-/m1/s1. The van der Waals surface area contributed by atoms with Crippen LogP contribution in [0.5, 0.6) is 5.75 Å². The third kappa shape index (κ3) is 7.25. The van der Waals surface area contributed by atoms with E-state index in [1.165, 1.54) is 0 Å². The average molecular weight is 617 g/mol. The molecular weight excluding hydrogens is 581 g/mol. The van der Waals surface area contributed by atoms with Gasteiger partial charge in [-0.25, -0.2) is 0 Å². The fourth-order valence-corrected chi connectivity index (χ4v) is 5.57. The van der Waals surface area contributed by atoms with Crippen molar-refractivity contribution in [2.45, 2.75) is 38.9 Å². The number of nitrogens with one attached hydrogen (secondary N) is 1. The van der Waals surface area contributed by atoms with E-state index in [1.807, 2.05) is 56.3 Å². The maximum Gasteiger partial charge on any atom is 0.416 e. The third-order valence-electron chi connectivity index (χ3n) is 7.48. The number of amides is 2. The van der Waals surface area contributed by atoms with Crippen molar-refractivity contribution < 1.29 is 27.5 Å². The summed E-state index contributed by atoms with van der Waals surface area (Å²) < 4.78 is 45.5. The van der Waals surface area contributed by atoms with Crippen molar-refractivity contribution in [2.24, 2.45) is 5.73 Å². The monoisotopic (exact) mass is 616 g/mol. The Morgan fingerprint density at radius 3 is 2.44 bits per heavy atom. The number of carbonyl (C=O) groups is 2. The summed E-state index contributed by atoms with van der Waals surface area (Å²) >= 11 is 6.14. The predicted octanol–water partition coefficient (Wildman–Crippen LogP) is 6.24. The molecule has 0 unspecified atom stereocenters. The molecule has 3 aromatic rings. The van der Waals surface area contributed by atoms with Crippen molar-refractivity contribution >= 4 is 29.1 Å². The number of hydrogen-bond donors (Lipinski definition) is 2. The largest absolute Gasteiger partial charge is 0.492 e. The Morgan fingerprint density at radius 1 is 1.07 bits per heavy atom. The fourth-order valence-electron chi connectivity index (χ4n) is 5.30. The number of nitrogens with zero attached hydrogens (tertiary/aromatic N) is 2. The minimum atomic E-state index is -4.56. The maximum absolute atomic E-state index is 13.7. The van der Waals surface area contributed by atoms with Crippen molar-refractivity contribution in [3.63, 3.8) is 0 Å². The minimum Gasteiger partial charge on any atom is -0.492 e. The lowest BCUT2D eigenvalue weighted by atomic mass is 9.97. The van der Waals surface area contributed by atoms with Gasteiger partial charge in [0.2, 0.25) is 0 Å². The molecule has 3 N–H and O–H groups in total. The lowest BCUT2D eigenvalue weighted by molar-refractivity contribution is -0.137. The highest BCUT2D eigenvalue weighted by atomic mass is 35.5. The Balaban J connectivity index is 1.69. The van der Waals surface area contributed by atoms with Gasteiger partial charge < -0.3 is 25.6 Å². The first-order chi connectivity index (χ1) is 20.6. The van der Waals surface area contributed by atoms with Gasteiger partial charge in [0, 0.05) is 37.8 Å². The molecule has 7 nitrogen and oxygen atoms in total. The summed E-state index contributed by atoms with van der Waals surface area (Å²) in [5.41, 5.74) is 7.54. The SMILES string of the molecule is CCOc1c(-c2ccccc2)ccc(N2CCN(C(=O)c3ccc(C(F)(F)F)cc3Cl)C[C@H]2CC)c1C(=O)NCCCN. The Bertz CT molecular complexity index is 1440. The molecule has 4 rings (SSSR count). The van der Waals surface area contributed by atoms with Crippen LogP contribution in [0.25, 0.3) is 11.1 Å². The van der Waals surface area contributed by atoms with Crippen LogP contribution in [0.3, 0.4) is 0 Å². The summed E-state index contributed by atoms with van der Waals surface area (Å²) in [5, 5.41) is 2.73. The quantitative estimate of drug-likeness (QED) is 0.263. The van der Waals surface area contributed by atoms with Gasteiger partial charge >= 0.3 is 6.18 Å². The lowest BCUT2D eigenvalue weighted by Gasteiger charge is -2.43. The molecule has 1 heterocycles. The van der Waals surface area contributed by atoms with E-state index in [0.717, 1.165) is 29.3 Å². The van der Waals surface area contributed by atoms with E-state index < -0.39 is 17.6 Å². The zero-order valence-corrected chi connectivity index (χ0v) is 25.0. The number of benzene rings is 3. The number of ether oxygens (including phenoxy) is 1. The van der Waals surface area contributed by atoms with E-state index in [2.05, 4.69) is 10.2 Å². The van der Waals surface area contributed by atoms with E-state index in [1.54, 1.807) is 4.90 Å². The highest BCUT2D eigenvalue weighted by Gasteiger charge is 2.35. The molecular formula is C32H36ClF3N4O3. The second-order valence-electron chi connectivity index (χ2n) is 10.2. The highest BCUT2D eigenvalue weighted by Crippen LogP contribution is 2.41. The summed E-state index contributed by atoms with van der Waals surface area (Å²) in [6.07, 6.45) is -3.30. The molecule has 11 heteroatoms. The summed E-state index contributed by atoms with van der Waals surface area (Å²) in [4.78, 5) is 30.8. The van der Waals surface area contributed by atoms with E-state index in [4.69, 9.17) is 22.1 Å². The van der Waals surface area contributed by atoms with E-state index in [-0.39, 0.29) is 29.1 Å². The Kier molecular flexibility index (Phi) is 10.6. The molecule has 0 spiro atoms. The topological polar surface area (TPSA) is 87.9 Å². The van der Waals surface area contributed by atoms with Crippen LogP contribution in [0.15, 0.2) is 60.7 Å². The molecule has 1 atom stereocenters. The second-order valence-corrected chi connectivity index (χ2v) is 10.6. The molecule has 2 amide bonds. The first-order valence-corrected chi connectivity index (χ1v) is 14.7. The van der Waals surface area contributed by atoms with E-state index >= 15 is 0 Å².